The topological polar surface area (TPSA) is 9.23 Å². The number of halogens is 3. The normalized spacial score (nSPS) is 11.2. The summed E-state index contributed by atoms with van der Waals surface area (Å²) in [4.78, 5) is 0. The van der Waals surface area contributed by atoms with Gasteiger partial charge in [0.05, 0.1) is 7.11 Å². The Bertz CT molecular complexity index is 1250. The maximum atomic E-state index is 14.4. The molecule has 0 heterocycles. The molecular formula is C28H25F3O. The number of unbranched alkanes of at least 4 members (excludes halogenated alkanes) is 2. The second kappa shape index (κ2) is 9.47. The fourth-order valence-corrected chi connectivity index (χ4v) is 4.03. The lowest BCUT2D eigenvalue weighted by atomic mass is 9.96. The van der Waals surface area contributed by atoms with Gasteiger partial charge in [0.2, 0.25) is 5.82 Å². The second-order valence-corrected chi connectivity index (χ2v) is 8.00. The zero-order valence-electron chi connectivity index (χ0n) is 18.2. The monoisotopic (exact) mass is 434 g/mol. The molecule has 0 N–H and O–H groups in total. The van der Waals surface area contributed by atoms with Gasteiger partial charge in [-0.1, -0.05) is 74.4 Å². The van der Waals surface area contributed by atoms with E-state index in [1.807, 2.05) is 12.1 Å². The van der Waals surface area contributed by atoms with Crippen molar-refractivity contribution in [2.24, 2.45) is 0 Å². The van der Waals surface area contributed by atoms with E-state index in [0.717, 1.165) is 36.1 Å². The summed E-state index contributed by atoms with van der Waals surface area (Å²) in [6, 6.07) is 20.8. The number of ether oxygens (including phenoxy) is 1. The minimum Gasteiger partial charge on any atom is -0.491 e. The molecule has 0 amide bonds. The van der Waals surface area contributed by atoms with Gasteiger partial charge in [0.25, 0.3) is 0 Å². The standard InChI is InChI=1S/C28H25F3O/c1-3-4-5-6-18-7-8-23-16-22(14-13-21(23)15-18)19-9-11-20(12-10-19)24-17-25(29)28(32-2)27(31)26(24)30/h7-17H,3-6H2,1-2H3. The van der Waals surface area contributed by atoms with Gasteiger partial charge in [-0.15, -0.1) is 0 Å². The van der Waals surface area contributed by atoms with Crippen molar-refractivity contribution in [3.8, 4) is 28.0 Å². The van der Waals surface area contributed by atoms with Crippen LogP contribution in [-0.2, 0) is 6.42 Å². The van der Waals surface area contributed by atoms with E-state index in [1.165, 1.54) is 30.2 Å². The van der Waals surface area contributed by atoms with Gasteiger partial charge in [0.15, 0.2) is 17.4 Å². The number of aryl methyl sites for hydroxylation is 1. The first-order chi connectivity index (χ1) is 15.5. The van der Waals surface area contributed by atoms with Gasteiger partial charge in [0.1, 0.15) is 0 Å². The van der Waals surface area contributed by atoms with Crippen molar-refractivity contribution in [1.29, 1.82) is 0 Å². The summed E-state index contributed by atoms with van der Waals surface area (Å²) in [5.74, 6) is -4.10. The number of benzene rings is 4. The summed E-state index contributed by atoms with van der Waals surface area (Å²) >= 11 is 0. The molecule has 164 valence electrons. The van der Waals surface area contributed by atoms with Gasteiger partial charge in [-0.3, -0.25) is 0 Å². The molecule has 0 aliphatic heterocycles. The third-order valence-electron chi connectivity index (χ3n) is 5.82. The van der Waals surface area contributed by atoms with Crippen molar-refractivity contribution >= 4 is 10.8 Å². The highest BCUT2D eigenvalue weighted by Gasteiger charge is 2.20. The quantitative estimate of drug-likeness (QED) is 0.210. The zero-order chi connectivity index (χ0) is 22.7. The molecule has 0 aliphatic rings. The SMILES string of the molecule is CCCCCc1ccc2cc(-c3ccc(-c4cc(F)c(OC)c(F)c4F)cc3)ccc2c1. The van der Waals surface area contributed by atoms with Gasteiger partial charge < -0.3 is 4.74 Å². The second-order valence-electron chi connectivity index (χ2n) is 8.00. The molecule has 4 aromatic carbocycles. The van der Waals surface area contributed by atoms with Crippen LogP contribution in [0.5, 0.6) is 5.75 Å². The van der Waals surface area contributed by atoms with E-state index < -0.39 is 23.2 Å². The van der Waals surface area contributed by atoms with Crippen molar-refractivity contribution < 1.29 is 17.9 Å². The van der Waals surface area contributed by atoms with Crippen LogP contribution < -0.4 is 4.74 Å². The molecule has 32 heavy (non-hydrogen) atoms. The minimum absolute atomic E-state index is 0.138. The van der Waals surface area contributed by atoms with Crippen molar-refractivity contribution in [2.45, 2.75) is 32.6 Å². The van der Waals surface area contributed by atoms with E-state index in [0.29, 0.717) is 5.56 Å². The van der Waals surface area contributed by atoms with Crippen LogP contribution >= 0.6 is 0 Å². The molecule has 1 nitrogen and oxygen atoms in total. The molecule has 0 saturated carbocycles. The number of rotatable bonds is 7. The van der Waals surface area contributed by atoms with Crippen LogP contribution in [0.15, 0.2) is 66.7 Å². The Labute approximate surface area is 186 Å². The maximum Gasteiger partial charge on any atom is 0.204 e. The molecule has 0 radical (unpaired) electrons. The predicted molar refractivity (Wildman–Crippen MR) is 124 cm³/mol. The lowest BCUT2D eigenvalue weighted by Crippen LogP contribution is -1.99. The van der Waals surface area contributed by atoms with Crippen molar-refractivity contribution in [2.75, 3.05) is 7.11 Å². The number of hydrogen-bond acceptors (Lipinski definition) is 1. The summed E-state index contributed by atoms with van der Waals surface area (Å²) in [7, 11) is 1.10. The molecule has 0 bridgehead atoms. The molecule has 0 atom stereocenters. The van der Waals surface area contributed by atoms with Gasteiger partial charge in [-0.25, -0.2) is 8.78 Å². The van der Waals surface area contributed by atoms with E-state index in [1.54, 1.807) is 12.1 Å². The first-order valence-electron chi connectivity index (χ1n) is 10.9. The van der Waals surface area contributed by atoms with Crippen molar-refractivity contribution in [1.82, 2.24) is 0 Å². The largest absolute Gasteiger partial charge is 0.491 e. The van der Waals surface area contributed by atoms with Crippen LogP contribution in [0, 0.1) is 17.5 Å². The fourth-order valence-electron chi connectivity index (χ4n) is 4.03. The Morgan fingerprint density at radius 1 is 0.688 bits per heavy atom. The molecule has 0 aliphatic carbocycles. The van der Waals surface area contributed by atoms with E-state index in [2.05, 4.69) is 48.1 Å². The first-order valence-corrected chi connectivity index (χ1v) is 10.9. The average molecular weight is 435 g/mol. The summed E-state index contributed by atoms with van der Waals surface area (Å²) in [5.41, 5.74) is 3.57. The maximum absolute atomic E-state index is 14.4. The molecule has 0 spiro atoms. The highest BCUT2D eigenvalue weighted by molar-refractivity contribution is 5.88. The average Bonchev–Trinajstić information content (AvgIpc) is 2.82. The van der Waals surface area contributed by atoms with E-state index in [9.17, 15) is 13.2 Å². The Balaban J connectivity index is 1.61. The molecule has 4 aromatic rings. The molecule has 0 saturated heterocycles. The Kier molecular flexibility index (Phi) is 6.50. The van der Waals surface area contributed by atoms with Crippen LogP contribution in [0.4, 0.5) is 13.2 Å². The molecular weight excluding hydrogens is 409 g/mol. The summed E-state index contributed by atoms with van der Waals surface area (Å²) in [6.45, 7) is 2.21. The number of fused-ring (bicyclic) bond motifs is 1. The third kappa shape index (κ3) is 4.36. The minimum atomic E-state index is -1.32. The molecule has 4 rings (SSSR count). The Morgan fingerprint density at radius 3 is 2.06 bits per heavy atom. The number of methoxy groups -OCH3 is 1. The molecule has 0 aromatic heterocycles. The van der Waals surface area contributed by atoms with Crippen LogP contribution in [0.25, 0.3) is 33.0 Å². The highest BCUT2D eigenvalue weighted by Crippen LogP contribution is 2.34. The van der Waals surface area contributed by atoms with E-state index in [-0.39, 0.29) is 5.56 Å². The summed E-state index contributed by atoms with van der Waals surface area (Å²) < 4.78 is 47.2. The van der Waals surface area contributed by atoms with Crippen LogP contribution in [0.2, 0.25) is 0 Å². The van der Waals surface area contributed by atoms with E-state index in [4.69, 9.17) is 0 Å². The van der Waals surface area contributed by atoms with Crippen LogP contribution in [0.1, 0.15) is 31.7 Å². The van der Waals surface area contributed by atoms with Crippen LogP contribution in [0.3, 0.4) is 0 Å². The fraction of sp³-hybridized carbons (Fsp3) is 0.214. The lowest BCUT2D eigenvalue weighted by molar-refractivity contribution is 0.347. The highest BCUT2D eigenvalue weighted by atomic mass is 19.2. The smallest absolute Gasteiger partial charge is 0.204 e. The van der Waals surface area contributed by atoms with Gasteiger partial charge in [0, 0.05) is 5.56 Å². The summed E-state index contributed by atoms with van der Waals surface area (Å²) in [5, 5.41) is 2.35. The summed E-state index contributed by atoms with van der Waals surface area (Å²) in [6.07, 6.45) is 4.75. The predicted octanol–water partition coefficient (Wildman–Crippen LogP) is 8.33. The van der Waals surface area contributed by atoms with Crippen molar-refractivity contribution in [3.05, 3.63) is 89.7 Å². The van der Waals surface area contributed by atoms with Crippen LogP contribution in [-0.4, -0.2) is 7.11 Å². The Morgan fingerprint density at radius 2 is 1.34 bits per heavy atom. The zero-order valence-corrected chi connectivity index (χ0v) is 18.2. The first kappa shape index (κ1) is 21.9. The van der Waals surface area contributed by atoms with Gasteiger partial charge >= 0.3 is 0 Å². The third-order valence-corrected chi connectivity index (χ3v) is 5.82. The van der Waals surface area contributed by atoms with Crippen molar-refractivity contribution in [3.63, 3.8) is 0 Å². The van der Waals surface area contributed by atoms with Gasteiger partial charge in [-0.05, 0) is 58.0 Å². The Hall–Kier alpha value is -3.27. The van der Waals surface area contributed by atoms with Gasteiger partial charge in [-0.2, -0.15) is 4.39 Å². The molecule has 0 unspecified atom stereocenters. The lowest BCUT2D eigenvalue weighted by Gasteiger charge is -2.11. The molecule has 0 fully saturated rings. The number of hydrogen-bond donors (Lipinski definition) is 0. The molecule has 4 heteroatoms. The van der Waals surface area contributed by atoms with E-state index >= 15 is 0 Å².